The summed E-state index contributed by atoms with van der Waals surface area (Å²) in [6, 6.07) is 13.5. The number of aromatic carboxylic acids is 1. The van der Waals surface area contributed by atoms with Gasteiger partial charge in [-0.05, 0) is 67.9 Å². The zero-order valence-electron chi connectivity index (χ0n) is 20.3. The first kappa shape index (κ1) is 23.8. The number of benzene rings is 2. The molecule has 3 aromatic heterocycles. The van der Waals surface area contributed by atoms with Crippen molar-refractivity contribution < 1.29 is 42.5 Å². The third kappa shape index (κ3) is 4.29. The minimum atomic E-state index is -1.16. The highest BCUT2D eigenvalue weighted by Crippen LogP contribution is 2.38. The molecule has 0 amide bonds. The zero-order valence-corrected chi connectivity index (χ0v) is 20.3. The van der Waals surface area contributed by atoms with E-state index in [2.05, 4.69) is 0 Å². The van der Waals surface area contributed by atoms with Crippen molar-refractivity contribution in [2.75, 3.05) is 0 Å². The van der Waals surface area contributed by atoms with Gasteiger partial charge in [0.2, 0.25) is 5.76 Å². The Labute approximate surface area is 214 Å². The summed E-state index contributed by atoms with van der Waals surface area (Å²) in [5, 5.41) is 20.2. The fourth-order valence-corrected chi connectivity index (χ4v) is 4.36. The molecule has 2 aromatic carbocycles. The molecule has 2 atom stereocenters. The molecule has 1 aliphatic rings. The summed E-state index contributed by atoms with van der Waals surface area (Å²) in [5.74, 6) is 1.11. The van der Waals surface area contributed by atoms with E-state index in [1.165, 1.54) is 12.1 Å². The van der Waals surface area contributed by atoms with Gasteiger partial charge in [0.25, 0.3) is 0 Å². The van der Waals surface area contributed by atoms with E-state index < -0.39 is 24.0 Å². The van der Waals surface area contributed by atoms with Crippen LogP contribution < -0.4 is 15.1 Å². The normalized spacial score (nSPS) is 16.7. The molecular formula is C28H22O10. The standard InChI is InChI=1S/C28H22O10/c1-13-9-18-17-5-8-20(33-11-15-3-6-21(35-15)25-28(32)38-25)14(2)24(17)37-27(31)19(18)10-23(13)34-12-16-4-7-22(36-16)26(29)30/h3-10,25,28,32H,11-12H2,1-2H3,(H,29,30). The number of carbonyl (C=O) groups is 1. The summed E-state index contributed by atoms with van der Waals surface area (Å²) in [5.41, 5.74) is 1.34. The van der Waals surface area contributed by atoms with Gasteiger partial charge in [-0.3, -0.25) is 0 Å². The molecule has 194 valence electrons. The number of rotatable bonds is 8. The van der Waals surface area contributed by atoms with Crippen LogP contribution in [-0.4, -0.2) is 22.5 Å². The Kier molecular flexibility index (Phi) is 5.70. The average Bonchev–Trinajstić information content (AvgIpc) is 3.26. The monoisotopic (exact) mass is 518 g/mol. The lowest BCUT2D eigenvalue weighted by Crippen LogP contribution is -2.04. The molecule has 0 spiro atoms. The highest BCUT2D eigenvalue weighted by Gasteiger charge is 2.41. The number of hydrogen-bond donors (Lipinski definition) is 2. The van der Waals surface area contributed by atoms with Crippen LogP contribution in [0.2, 0.25) is 0 Å². The molecular weight excluding hydrogens is 496 g/mol. The average molecular weight is 518 g/mol. The summed E-state index contributed by atoms with van der Waals surface area (Å²) in [4.78, 5) is 24.0. The Morgan fingerprint density at radius 2 is 1.58 bits per heavy atom. The van der Waals surface area contributed by atoms with Crippen molar-refractivity contribution in [3.05, 3.63) is 93.1 Å². The van der Waals surface area contributed by atoms with Gasteiger partial charge >= 0.3 is 11.6 Å². The Bertz CT molecular complexity index is 1760. The zero-order chi connectivity index (χ0) is 26.6. The maximum Gasteiger partial charge on any atom is 0.371 e. The summed E-state index contributed by atoms with van der Waals surface area (Å²) >= 11 is 0. The fourth-order valence-electron chi connectivity index (χ4n) is 4.36. The second-order valence-electron chi connectivity index (χ2n) is 9.02. The molecule has 0 saturated carbocycles. The summed E-state index contributed by atoms with van der Waals surface area (Å²) in [7, 11) is 0. The first-order valence-corrected chi connectivity index (χ1v) is 11.8. The molecule has 4 heterocycles. The van der Waals surface area contributed by atoms with E-state index in [0.29, 0.717) is 50.7 Å². The van der Waals surface area contributed by atoms with E-state index in [0.717, 1.165) is 10.9 Å². The van der Waals surface area contributed by atoms with Gasteiger partial charge in [0.15, 0.2) is 12.4 Å². The molecule has 1 aliphatic heterocycles. The number of ether oxygens (including phenoxy) is 3. The van der Waals surface area contributed by atoms with E-state index >= 15 is 0 Å². The Hall–Kier alpha value is -4.54. The smallest absolute Gasteiger partial charge is 0.371 e. The van der Waals surface area contributed by atoms with Crippen molar-refractivity contribution >= 4 is 27.7 Å². The number of carboxylic acids is 1. The second kappa shape index (κ2) is 9.09. The summed E-state index contributed by atoms with van der Waals surface area (Å²) < 4.78 is 33.3. The van der Waals surface area contributed by atoms with Gasteiger partial charge in [0, 0.05) is 16.3 Å². The molecule has 0 aliphatic carbocycles. The Morgan fingerprint density at radius 3 is 2.29 bits per heavy atom. The number of aryl methyl sites for hydroxylation is 2. The van der Waals surface area contributed by atoms with Crippen molar-refractivity contribution in [3.63, 3.8) is 0 Å². The van der Waals surface area contributed by atoms with E-state index in [-0.39, 0.29) is 19.0 Å². The highest BCUT2D eigenvalue weighted by molar-refractivity contribution is 6.06. The maximum absolute atomic E-state index is 13.0. The van der Waals surface area contributed by atoms with Crippen molar-refractivity contribution in [1.29, 1.82) is 0 Å². The molecule has 1 saturated heterocycles. The van der Waals surface area contributed by atoms with E-state index in [1.807, 2.05) is 32.0 Å². The van der Waals surface area contributed by atoms with Gasteiger partial charge in [0.1, 0.15) is 47.6 Å². The van der Waals surface area contributed by atoms with Crippen LogP contribution in [0.25, 0.3) is 21.7 Å². The van der Waals surface area contributed by atoms with Crippen LogP contribution in [0, 0.1) is 13.8 Å². The number of aliphatic hydroxyl groups is 1. The van der Waals surface area contributed by atoms with Crippen LogP contribution in [0.5, 0.6) is 11.5 Å². The predicted octanol–water partition coefficient (Wildman–Crippen LogP) is 4.99. The number of aliphatic hydroxyl groups excluding tert-OH is 1. The van der Waals surface area contributed by atoms with Crippen LogP contribution >= 0.6 is 0 Å². The highest BCUT2D eigenvalue weighted by atomic mass is 16.7. The number of hydrogen-bond acceptors (Lipinski definition) is 9. The minimum absolute atomic E-state index is 0.00374. The van der Waals surface area contributed by atoms with E-state index in [1.54, 1.807) is 18.2 Å². The fraction of sp³-hybridized carbons (Fsp3) is 0.214. The summed E-state index contributed by atoms with van der Waals surface area (Å²) in [6.45, 7) is 3.82. The molecule has 0 bridgehead atoms. The molecule has 38 heavy (non-hydrogen) atoms. The van der Waals surface area contributed by atoms with Gasteiger partial charge in [-0.2, -0.15) is 0 Å². The van der Waals surface area contributed by atoms with Crippen molar-refractivity contribution in [3.8, 4) is 11.5 Å². The molecule has 2 N–H and O–H groups in total. The van der Waals surface area contributed by atoms with E-state index in [9.17, 15) is 14.7 Å². The maximum atomic E-state index is 13.0. The molecule has 10 nitrogen and oxygen atoms in total. The van der Waals surface area contributed by atoms with Gasteiger partial charge < -0.3 is 37.7 Å². The van der Waals surface area contributed by atoms with E-state index in [4.69, 9.17) is 32.6 Å². The Balaban J connectivity index is 1.26. The number of furan rings is 2. The van der Waals surface area contributed by atoms with Gasteiger partial charge in [-0.1, -0.05) is 0 Å². The van der Waals surface area contributed by atoms with Gasteiger partial charge in [0.05, 0.1) is 5.39 Å². The number of epoxide rings is 1. The predicted molar refractivity (Wildman–Crippen MR) is 132 cm³/mol. The number of carboxylic acid groups (broad SMARTS) is 1. The Morgan fingerprint density at radius 1 is 0.868 bits per heavy atom. The lowest BCUT2D eigenvalue weighted by molar-refractivity contribution is 0.0658. The van der Waals surface area contributed by atoms with Crippen LogP contribution in [0.3, 0.4) is 0 Å². The number of fused-ring (bicyclic) bond motifs is 3. The lowest BCUT2D eigenvalue weighted by Gasteiger charge is -2.13. The molecule has 5 aromatic rings. The third-order valence-corrected chi connectivity index (χ3v) is 6.42. The minimum Gasteiger partial charge on any atom is -0.485 e. The van der Waals surface area contributed by atoms with Gasteiger partial charge in [-0.15, -0.1) is 0 Å². The quantitative estimate of drug-likeness (QED) is 0.164. The van der Waals surface area contributed by atoms with Crippen LogP contribution in [0.4, 0.5) is 0 Å². The largest absolute Gasteiger partial charge is 0.485 e. The third-order valence-electron chi connectivity index (χ3n) is 6.42. The van der Waals surface area contributed by atoms with Crippen molar-refractivity contribution in [2.24, 2.45) is 0 Å². The lowest BCUT2D eigenvalue weighted by atomic mass is 10.0. The van der Waals surface area contributed by atoms with Crippen molar-refractivity contribution in [1.82, 2.24) is 0 Å². The first-order valence-electron chi connectivity index (χ1n) is 11.8. The second-order valence-corrected chi connectivity index (χ2v) is 9.02. The molecule has 2 unspecified atom stereocenters. The molecule has 1 fully saturated rings. The molecule has 0 radical (unpaired) electrons. The van der Waals surface area contributed by atoms with Crippen molar-refractivity contribution in [2.45, 2.75) is 39.5 Å². The summed E-state index contributed by atoms with van der Waals surface area (Å²) in [6.07, 6.45) is -1.26. The van der Waals surface area contributed by atoms with Crippen LogP contribution in [0.1, 0.15) is 45.1 Å². The van der Waals surface area contributed by atoms with Gasteiger partial charge in [-0.25, -0.2) is 9.59 Å². The topological polar surface area (TPSA) is 145 Å². The first-order chi connectivity index (χ1) is 18.3. The molecule has 10 heteroatoms. The van der Waals surface area contributed by atoms with Crippen LogP contribution in [0.15, 0.2) is 66.6 Å². The SMILES string of the molecule is Cc1cc2c(cc1OCc1ccc(C(=O)O)o1)c(=O)oc1c(C)c(OCc3ccc(C4OC4O)o3)ccc12. The molecule has 6 rings (SSSR count). The van der Waals surface area contributed by atoms with Crippen LogP contribution in [-0.2, 0) is 18.0 Å².